The Balaban J connectivity index is 1.51. The van der Waals surface area contributed by atoms with Crippen molar-refractivity contribution in [3.05, 3.63) is 129 Å². The van der Waals surface area contributed by atoms with Gasteiger partial charge in [-0.25, -0.2) is 18.1 Å². The second-order valence-corrected chi connectivity index (χ2v) is 16.6. The summed E-state index contributed by atoms with van der Waals surface area (Å²) in [5.41, 5.74) is 0.978. The third kappa shape index (κ3) is 7.98. The van der Waals surface area contributed by atoms with Crippen LogP contribution in [0.5, 0.6) is 17.2 Å². The summed E-state index contributed by atoms with van der Waals surface area (Å²) >= 11 is 4.75. The molecule has 0 N–H and O–H groups in total. The number of nitrogens with zero attached hydrogens (tertiary/aromatic N) is 6. The van der Waals surface area contributed by atoms with Crippen LogP contribution in [0, 0.1) is 0 Å². The Morgan fingerprint density at radius 3 is 1.84 bits per heavy atom. The minimum Gasteiger partial charge on any atom is -0.497 e. The highest BCUT2D eigenvalue weighted by Crippen LogP contribution is 2.47. The van der Waals surface area contributed by atoms with Gasteiger partial charge in [0.1, 0.15) is 22.1 Å². The monoisotopic (exact) mass is 864 g/mol. The second kappa shape index (κ2) is 16.0. The van der Waals surface area contributed by atoms with Crippen molar-refractivity contribution in [2.45, 2.75) is 30.7 Å². The minimum absolute atomic E-state index is 0.00460. The quantitative estimate of drug-likeness (QED) is 0.112. The third-order valence-electron chi connectivity index (χ3n) is 9.03. The number of rotatable bonds is 13. The molecule has 0 spiro atoms. The van der Waals surface area contributed by atoms with Gasteiger partial charge in [0.2, 0.25) is 10.0 Å². The maximum absolute atomic E-state index is 15.4. The average molecular weight is 866 g/mol. The number of alkyl halides is 3. The van der Waals surface area contributed by atoms with Crippen molar-refractivity contribution in [2.24, 2.45) is 0 Å². The number of hydrogen-bond donors (Lipinski definition) is 0. The minimum atomic E-state index is -5.12. The Morgan fingerprint density at radius 2 is 1.30 bits per heavy atom. The molecule has 0 atom stereocenters. The zero-order valence-electron chi connectivity index (χ0n) is 30.0. The summed E-state index contributed by atoms with van der Waals surface area (Å²) in [7, 11) is -0.559. The molecule has 11 nitrogen and oxygen atoms in total. The maximum atomic E-state index is 15.4. The van der Waals surface area contributed by atoms with Crippen molar-refractivity contribution >= 4 is 47.5 Å². The van der Waals surface area contributed by atoms with E-state index in [2.05, 4.69) is 36.4 Å². The molecule has 0 unspecified atom stereocenters. The number of hydrogen-bond acceptors (Lipinski definition) is 10. The first-order valence-corrected chi connectivity index (χ1v) is 19.9. The SMILES string of the molecule is COc1ccc(CN(Cc2ccc(OC)cc2)S(=O)(=O)c2c(C(F)(F)F)ccc(-c3cccc4sc(Br)nc34)c2-c2nnnn2Cc2ccc(OC)cc2)cc1. The van der Waals surface area contributed by atoms with Crippen molar-refractivity contribution in [1.82, 2.24) is 29.5 Å². The maximum Gasteiger partial charge on any atom is 0.417 e. The van der Waals surface area contributed by atoms with Crippen LogP contribution in [0.2, 0.25) is 0 Å². The molecule has 0 saturated heterocycles. The highest BCUT2D eigenvalue weighted by atomic mass is 79.9. The highest BCUT2D eigenvalue weighted by molar-refractivity contribution is 9.11. The van der Waals surface area contributed by atoms with Crippen LogP contribution in [-0.2, 0) is 35.8 Å². The van der Waals surface area contributed by atoms with Gasteiger partial charge in [-0.2, -0.15) is 17.5 Å². The van der Waals surface area contributed by atoms with E-state index in [0.717, 1.165) is 15.1 Å². The van der Waals surface area contributed by atoms with Crippen molar-refractivity contribution in [1.29, 1.82) is 0 Å². The largest absolute Gasteiger partial charge is 0.497 e. The lowest BCUT2D eigenvalue weighted by atomic mass is 9.95. The molecule has 0 amide bonds. The number of aromatic nitrogens is 5. The fourth-order valence-corrected chi connectivity index (χ4v) is 9.51. The average Bonchev–Trinajstić information content (AvgIpc) is 3.82. The van der Waals surface area contributed by atoms with E-state index >= 15 is 21.6 Å². The molecule has 0 bridgehead atoms. The van der Waals surface area contributed by atoms with Crippen LogP contribution in [0.4, 0.5) is 13.2 Å². The standard InChI is InChI=1S/C39H32BrF3N6O5S2/c1-52-27-13-7-24(8-14-27)21-48(22-25-9-15-28(53-2)16-10-25)56(50,51)36-32(39(41,42)43)20-19-30(31-5-4-6-33-35(31)44-38(40)55-33)34(36)37-45-46-47-49(37)23-26-11-17-29(54-3)18-12-26/h4-20H,21-23H2,1-3H3. The fraction of sp³-hybridized carbons (Fsp3) is 0.179. The number of methoxy groups -OCH3 is 3. The van der Waals surface area contributed by atoms with E-state index in [1.165, 1.54) is 43.4 Å². The molecule has 7 aromatic rings. The summed E-state index contributed by atoms with van der Waals surface area (Å²) in [5, 5.41) is 12.2. The van der Waals surface area contributed by atoms with Crippen LogP contribution in [0.3, 0.4) is 0 Å². The van der Waals surface area contributed by atoms with Gasteiger partial charge in [0.15, 0.2) is 9.74 Å². The lowest BCUT2D eigenvalue weighted by molar-refractivity contribution is -0.139. The summed E-state index contributed by atoms with van der Waals surface area (Å²) in [4.78, 5) is 3.62. The molecule has 2 aromatic heterocycles. The fourth-order valence-electron chi connectivity index (χ4n) is 6.28. The van der Waals surface area contributed by atoms with Gasteiger partial charge in [-0.1, -0.05) is 54.6 Å². The lowest BCUT2D eigenvalue weighted by Gasteiger charge is -2.27. The van der Waals surface area contributed by atoms with Gasteiger partial charge < -0.3 is 14.2 Å². The summed E-state index contributed by atoms with van der Waals surface area (Å²) in [5.74, 6) is 1.45. The molecule has 0 aliphatic rings. The van der Waals surface area contributed by atoms with Gasteiger partial charge in [-0.05, 0) is 97.1 Å². The van der Waals surface area contributed by atoms with Crippen molar-refractivity contribution in [2.75, 3.05) is 21.3 Å². The molecule has 5 aromatic carbocycles. The first-order chi connectivity index (χ1) is 26.9. The van der Waals surface area contributed by atoms with E-state index in [0.29, 0.717) is 48.9 Å². The zero-order chi connectivity index (χ0) is 39.6. The van der Waals surface area contributed by atoms with Gasteiger partial charge in [0.25, 0.3) is 0 Å². The summed E-state index contributed by atoms with van der Waals surface area (Å²) < 4.78 is 96.5. The van der Waals surface area contributed by atoms with Gasteiger partial charge in [-0.3, -0.25) is 0 Å². The molecule has 0 saturated carbocycles. The van der Waals surface area contributed by atoms with Crippen LogP contribution in [0.1, 0.15) is 22.3 Å². The predicted octanol–water partition coefficient (Wildman–Crippen LogP) is 8.86. The first kappa shape index (κ1) is 38.9. The van der Waals surface area contributed by atoms with Crippen LogP contribution >= 0.6 is 27.3 Å². The Bertz CT molecular complexity index is 2550. The highest BCUT2D eigenvalue weighted by Gasteiger charge is 2.43. The molecule has 17 heteroatoms. The normalized spacial score (nSPS) is 12.0. The van der Waals surface area contributed by atoms with Gasteiger partial charge in [0.05, 0.1) is 43.7 Å². The third-order valence-corrected chi connectivity index (χ3v) is 12.4. The molecule has 0 aliphatic carbocycles. The number of halogens is 4. The van der Waals surface area contributed by atoms with E-state index in [1.54, 1.807) is 84.9 Å². The zero-order valence-corrected chi connectivity index (χ0v) is 33.2. The summed E-state index contributed by atoms with van der Waals surface area (Å²) in [6.07, 6.45) is -5.12. The van der Waals surface area contributed by atoms with Crippen LogP contribution in [0.25, 0.3) is 32.7 Å². The van der Waals surface area contributed by atoms with Gasteiger partial charge in [-0.15, -0.1) is 16.4 Å². The Labute approximate surface area is 332 Å². The number of para-hydroxylation sites is 1. The molecule has 0 radical (unpaired) electrons. The number of benzene rings is 5. The van der Waals surface area contributed by atoms with Crippen LogP contribution in [0.15, 0.2) is 112 Å². The van der Waals surface area contributed by atoms with E-state index in [9.17, 15) is 0 Å². The molecule has 2 heterocycles. The molecule has 0 fully saturated rings. The number of sulfonamides is 1. The van der Waals surface area contributed by atoms with E-state index < -0.39 is 26.7 Å². The van der Waals surface area contributed by atoms with Crippen molar-refractivity contribution in [3.63, 3.8) is 0 Å². The lowest BCUT2D eigenvalue weighted by Crippen LogP contribution is -2.32. The Hall–Kier alpha value is -5.36. The number of fused-ring (bicyclic) bond motifs is 1. The molecule has 288 valence electrons. The van der Waals surface area contributed by atoms with Gasteiger partial charge >= 0.3 is 6.18 Å². The van der Waals surface area contributed by atoms with Gasteiger partial charge in [0, 0.05) is 24.2 Å². The second-order valence-electron chi connectivity index (χ2n) is 12.5. The smallest absolute Gasteiger partial charge is 0.417 e. The van der Waals surface area contributed by atoms with E-state index in [1.807, 2.05) is 6.07 Å². The summed E-state index contributed by atoms with van der Waals surface area (Å²) in [6.45, 7) is -0.579. The van der Waals surface area contributed by atoms with E-state index in [-0.39, 0.29) is 36.6 Å². The van der Waals surface area contributed by atoms with E-state index in [4.69, 9.17) is 14.2 Å². The van der Waals surface area contributed by atoms with Crippen molar-refractivity contribution < 1.29 is 35.8 Å². The molecule has 56 heavy (non-hydrogen) atoms. The molecule has 0 aliphatic heterocycles. The first-order valence-electron chi connectivity index (χ1n) is 16.8. The molecular weight excluding hydrogens is 833 g/mol. The number of thiazole rings is 1. The Kier molecular flexibility index (Phi) is 11.1. The molecular formula is C39H32BrF3N6O5S2. The topological polar surface area (TPSA) is 122 Å². The Morgan fingerprint density at radius 1 is 0.750 bits per heavy atom. The number of tetrazole rings is 1. The predicted molar refractivity (Wildman–Crippen MR) is 209 cm³/mol. The number of ether oxygens (including phenoxy) is 3. The van der Waals surface area contributed by atoms with Crippen LogP contribution < -0.4 is 14.2 Å². The molecule has 7 rings (SSSR count). The van der Waals surface area contributed by atoms with Crippen molar-refractivity contribution in [3.8, 4) is 39.8 Å². The summed E-state index contributed by atoms with van der Waals surface area (Å²) in [6, 6.07) is 27.5. The van der Waals surface area contributed by atoms with Crippen LogP contribution in [-0.4, -0.2) is 59.2 Å².